The molecule has 0 amide bonds. The summed E-state index contributed by atoms with van der Waals surface area (Å²) >= 11 is 0. The average molecular weight is 244 g/mol. The van der Waals surface area contributed by atoms with E-state index in [0.717, 1.165) is 26.0 Å². The van der Waals surface area contributed by atoms with Crippen molar-refractivity contribution in [1.29, 1.82) is 0 Å². The molecular formula is C12H25N2OP. The molecule has 0 fully saturated rings. The molecule has 16 heavy (non-hydrogen) atoms. The van der Waals surface area contributed by atoms with Gasteiger partial charge in [0.15, 0.2) is 0 Å². The van der Waals surface area contributed by atoms with Crippen LogP contribution in [0.3, 0.4) is 0 Å². The SMILES string of the molecule is C#CCC(COCCCCCCNP)NC. The van der Waals surface area contributed by atoms with Gasteiger partial charge in [0.25, 0.3) is 0 Å². The maximum Gasteiger partial charge on any atom is 0.0628 e. The van der Waals surface area contributed by atoms with Gasteiger partial charge in [-0.2, -0.15) is 0 Å². The zero-order chi connectivity index (χ0) is 12.1. The predicted octanol–water partition coefficient (Wildman–Crippen LogP) is 1.55. The van der Waals surface area contributed by atoms with Gasteiger partial charge < -0.3 is 15.1 Å². The largest absolute Gasteiger partial charge is 0.380 e. The van der Waals surface area contributed by atoms with Crippen molar-refractivity contribution in [2.45, 2.75) is 38.1 Å². The zero-order valence-electron chi connectivity index (χ0n) is 10.3. The van der Waals surface area contributed by atoms with E-state index in [4.69, 9.17) is 11.2 Å². The summed E-state index contributed by atoms with van der Waals surface area (Å²) < 4.78 is 5.57. The minimum absolute atomic E-state index is 0.298. The molecule has 2 atom stereocenters. The molecule has 0 rings (SSSR count). The lowest BCUT2D eigenvalue weighted by molar-refractivity contribution is 0.111. The van der Waals surface area contributed by atoms with E-state index in [1.165, 1.54) is 19.3 Å². The number of rotatable bonds is 11. The van der Waals surface area contributed by atoms with Crippen LogP contribution in [0.1, 0.15) is 32.1 Å². The molecule has 0 aliphatic heterocycles. The van der Waals surface area contributed by atoms with Gasteiger partial charge in [-0.15, -0.1) is 12.3 Å². The number of unbranched alkanes of at least 4 members (excludes halogenated alkanes) is 3. The van der Waals surface area contributed by atoms with E-state index in [2.05, 4.69) is 25.7 Å². The first-order valence-electron chi connectivity index (χ1n) is 5.97. The highest BCUT2D eigenvalue weighted by Crippen LogP contribution is 2.00. The summed E-state index contributed by atoms with van der Waals surface area (Å²) in [7, 11) is 4.44. The zero-order valence-corrected chi connectivity index (χ0v) is 11.5. The highest BCUT2D eigenvalue weighted by Gasteiger charge is 2.03. The third kappa shape index (κ3) is 10.4. The minimum Gasteiger partial charge on any atom is -0.380 e. The van der Waals surface area contributed by atoms with E-state index in [-0.39, 0.29) is 0 Å². The first-order chi connectivity index (χ1) is 7.85. The second-order valence-corrected chi connectivity index (χ2v) is 4.25. The number of hydrogen-bond donors (Lipinski definition) is 2. The van der Waals surface area contributed by atoms with Gasteiger partial charge in [0.05, 0.1) is 6.61 Å². The van der Waals surface area contributed by atoms with Gasteiger partial charge in [0, 0.05) is 19.1 Å². The van der Waals surface area contributed by atoms with Crippen LogP contribution in [0.4, 0.5) is 0 Å². The molecule has 0 radical (unpaired) electrons. The predicted molar refractivity (Wildman–Crippen MR) is 73.3 cm³/mol. The van der Waals surface area contributed by atoms with Crippen LogP contribution in [0.15, 0.2) is 0 Å². The number of hydrogen-bond acceptors (Lipinski definition) is 3. The van der Waals surface area contributed by atoms with Crippen molar-refractivity contribution >= 4 is 9.39 Å². The molecule has 0 heterocycles. The van der Waals surface area contributed by atoms with Crippen molar-refractivity contribution in [3.63, 3.8) is 0 Å². The van der Waals surface area contributed by atoms with Crippen molar-refractivity contribution < 1.29 is 4.74 Å². The Morgan fingerprint density at radius 2 is 2.06 bits per heavy atom. The van der Waals surface area contributed by atoms with Crippen molar-refractivity contribution in [3.05, 3.63) is 0 Å². The van der Waals surface area contributed by atoms with E-state index in [0.29, 0.717) is 12.6 Å². The molecule has 3 nitrogen and oxygen atoms in total. The van der Waals surface area contributed by atoms with E-state index in [1.807, 2.05) is 7.05 Å². The normalized spacial score (nSPS) is 12.3. The van der Waals surface area contributed by atoms with Gasteiger partial charge in [0.2, 0.25) is 0 Å². The molecule has 0 aromatic carbocycles. The standard InChI is InChI=1S/C12H25N2OP/c1-3-8-12(13-2)11-15-10-7-5-4-6-9-14-16/h1,12-14H,4-11,16H2,2H3. The van der Waals surface area contributed by atoms with Gasteiger partial charge >= 0.3 is 0 Å². The Hall–Kier alpha value is -0.130. The maximum absolute atomic E-state index is 5.57. The van der Waals surface area contributed by atoms with E-state index in [1.54, 1.807) is 0 Å². The second kappa shape index (κ2) is 12.9. The number of ether oxygens (including phenoxy) is 1. The molecule has 0 aromatic heterocycles. The molecular weight excluding hydrogens is 219 g/mol. The molecule has 2 N–H and O–H groups in total. The number of likely N-dealkylation sites (N-methyl/N-ethyl adjacent to an activating group) is 1. The molecule has 0 saturated carbocycles. The van der Waals surface area contributed by atoms with Crippen molar-refractivity contribution in [3.8, 4) is 12.3 Å². The first-order valence-corrected chi connectivity index (χ1v) is 6.54. The minimum atomic E-state index is 0.298. The molecule has 0 aromatic rings. The monoisotopic (exact) mass is 244 g/mol. The van der Waals surface area contributed by atoms with Gasteiger partial charge in [-0.1, -0.05) is 22.2 Å². The summed E-state index contributed by atoms with van der Waals surface area (Å²) in [6.45, 7) is 2.64. The van der Waals surface area contributed by atoms with Crippen LogP contribution < -0.4 is 10.4 Å². The Labute approximate surface area is 102 Å². The third-order valence-electron chi connectivity index (χ3n) is 2.45. The van der Waals surface area contributed by atoms with Crippen molar-refractivity contribution in [1.82, 2.24) is 10.4 Å². The first kappa shape index (κ1) is 15.9. The molecule has 0 aliphatic rings. The highest BCUT2D eigenvalue weighted by molar-refractivity contribution is 7.13. The molecule has 94 valence electrons. The molecule has 0 aliphatic carbocycles. The van der Waals surface area contributed by atoms with E-state index >= 15 is 0 Å². The van der Waals surface area contributed by atoms with Crippen LogP contribution in [0, 0.1) is 12.3 Å². The van der Waals surface area contributed by atoms with Crippen LogP contribution in [0.5, 0.6) is 0 Å². The van der Waals surface area contributed by atoms with Crippen LogP contribution in [0.2, 0.25) is 0 Å². The van der Waals surface area contributed by atoms with Gasteiger partial charge in [-0.25, -0.2) is 0 Å². The van der Waals surface area contributed by atoms with Crippen molar-refractivity contribution in [2.75, 3.05) is 26.8 Å². The summed E-state index contributed by atoms with van der Waals surface area (Å²) in [5.41, 5.74) is 0. The third-order valence-corrected chi connectivity index (χ3v) is 2.74. The maximum atomic E-state index is 5.57. The lowest BCUT2D eigenvalue weighted by atomic mass is 10.2. The average Bonchev–Trinajstić information content (AvgIpc) is 2.31. The Bertz CT molecular complexity index is 182. The molecule has 0 spiro atoms. The van der Waals surface area contributed by atoms with E-state index < -0.39 is 0 Å². The van der Waals surface area contributed by atoms with E-state index in [9.17, 15) is 0 Å². The topological polar surface area (TPSA) is 33.3 Å². The van der Waals surface area contributed by atoms with Crippen molar-refractivity contribution in [2.24, 2.45) is 0 Å². The second-order valence-electron chi connectivity index (χ2n) is 3.84. The Kier molecular flexibility index (Phi) is 12.8. The van der Waals surface area contributed by atoms with Gasteiger partial charge in [-0.3, -0.25) is 0 Å². The smallest absolute Gasteiger partial charge is 0.0628 e. The summed E-state index contributed by atoms with van der Waals surface area (Å²) in [6, 6.07) is 0.298. The van der Waals surface area contributed by atoms with Crippen LogP contribution in [0.25, 0.3) is 0 Å². The molecule has 0 bridgehead atoms. The van der Waals surface area contributed by atoms with Gasteiger partial charge in [0.1, 0.15) is 0 Å². The molecule has 2 unspecified atom stereocenters. The van der Waals surface area contributed by atoms with Crippen LogP contribution >= 0.6 is 9.39 Å². The lowest BCUT2D eigenvalue weighted by Crippen LogP contribution is -2.30. The summed E-state index contributed by atoms with van der Waals surface area (Å²) in [6.07, 6.45) is 10.9. The lowest BCUT2D eigenvalue weighted by Gasteiger charge is -2.13. The summed E-state index contributed by atoms with van der Waals surface area (Å²) in [5, 5.41) is 6.21. The Morgan fingerprint density at radius 3 is 2.69 bits per heavy atom. The summed E-state index contributed by atoms with van der Waals surface area (Å²) in [4.78, 5) is 0. The quantitative estimate of drug-likeness (QED) is 0.329. The molecule has 0 saturated heterocycles. The highest BCUT2D eigenvalue weighted by atomic mass is 31.0. The summed E-state index contributed by atoms with van der Waals surface area (Å²) in [5.74, 6) is 2.64. The van der Waals surface area contributed by atoms with Gasteiger partial charge in [-0.05, 0) is 26.4 Å². The van der Waals surface area contributed by atoms with Crippen LogP contribution in [-0.4, -0.2) is 32.8 Å². The fourth-order valence-electron chi connectivity index (χ4n) is 1.40. The van der Waals surface area contributed by atoms with Crippen LogP contribution in [-0.2, 0) is 4.74 Å². The number of terminal acetylenes is 1. The molecule has 4 heteroatoms. The Balaban J connectivity index is 3.16. The fourth-order valence-corrected chi connectivity index (χ4v) is 1.60. The number of nitrogens with one attached hydrogen (secondary N) is 2. The fraction of sp³-hybridized carbons (Fsp3) is 0.833. The Morgan fingerprint density at radius 1 is 1.31 bits per heavy atom.